The van der Waals surface area contributed by atoms with Crippen LogP contribution in [-0.2, 0) is 6.42 Å². The molecule has 8 nitrogen and oxygen atoms in total. The molecule has 0 fully saturated rings. The van der Waals surface area contributed by atoms with Crippen molar-refractivity contribution in [3.63, 3.8) is 0 Å². The Morgan fingerprint density at radius 3 is 2.67 bits per heavy atom. The van der Waals surface area contributed by atoms with Crippen molar-refractivity contribution in [2.24, 2.45) is 11.5 Å². The summed E-state index contributed by atoms with van der Waals surface area (Å²) < 4.78 is 16.5. The van der Waals surface area contributed by atoms with Gasteiger partial charge in [0.05, 0.1) is 16.4 Å². The quantitative estimate of drug-likeness (QED) is 0.0846. The SMILES string of the molecule is C[C@H](N)CCCc1cc(Cl)c(F)c(-c2cc3cn(-c4ccc([C@H](C)NCCCSC(=N)N)cc4)c(=O)nc3[nH]2)c1. The van der Waals surface area contributed by atoms with Crippen molar-refractivity contribution in [3.05, 3.63) is 81.1 Å². The van der Waals surface area contributed by atoms with Crippen LogP contribution in [0.25, 0.3) is 28.0 Å². The van der Waals surface area contributed by atoms with E-state index in [1.54, 1.807) is 24.4 Å². The minimum atomic E-state index is -0.518. The first-order chi connectivity index (χ1) is 19.1. The van der Waals surface area contributed by atoms with Gasteiger partial charge in [-0.05, 0) is 87.5 Å². The Kier molecular flexibility index (Phi) is 10.0. The molecule has 0 radical (unpaired) electrons. The molecule has 0 aliphatic carbocycles. The normalized spacial score (nSPS) is 13.0. The molecule has 0 bridgehead atoms. The highest BCUT2D eigenvalue weighted by Crippen LogP contribution is 2.31. The Morgan fingerprint density at radius 2 is 1.98 bits per heavy atom. The molecule has 0 spiro atoms. The van der Waals surface area contributed by atoms with E-state index >= 15 is 4.39 Å². The van der Waals surface area contributed by atoms with Crippen LogP contribution in [0.1, 0.15) is 50.3 Å². The van der Waals surface area contributed by atoms with Gasteiger partial charge in [0.15, 0.2) is 11.0 Å². The van der Waals surface area contributed by atoms with Crippen LogP contribution < -0.4 is 22.5 Å². The van der Waals surface area contributed by atoms with Crippen molar-refractivity contribution in [2.75, 3.05) is 12.3 Å². The Hall–Kier alpha value is -3.18. The van der Waals surface area contributed by atoms with Crippen LogP contribution in [0.3, 0.4) is 0 Å². The number of H-pyrrole nitrogens is 1. The predicted molar refractivity (Wildman–Crippen MR) is 164 cm³/mol. The molecule has 2 aromatic heterocycles. The topological polar surface area (TPSA) is 139 Å². The van der Waals surface area contributed by atoms with Crippen LogP contribution in [0.15, 0.2) is 53.5 Å². The summed E-state index contributed by atoms with van der Waals surface area (Å²) in [6.07, 6.45) is 5.09. The van der Waals surface area contributed by atoms with E-state index in [2.05, 4.69) is 22.2 Å². The van der Waals surface area contributed by atoms with Crippen molar-refractivity contribution >= 4 is 39.6 Å². The third kappa shape index (κ3) is 7.51. The van der Waals surface area contributed by atoms with Crippen molar-refractivity contribution in [1.82, 2.24) is 19.9 Å². The first-order valence-corrected chi connectivity index (χ1v) is 14.7. The maximum absolute atomic E-state index is 15.0. The van der Waals surface area contributed by atoms with Crippen LogP contribution >= 0.6 is 23.4 Å². The summed E-state index contributed by atoms with van der Waals surface area (Å²) in [6.45, 7) is 4.85. The zero-order valence-electron chi connectivity index (χ0n) is 22.6. The van der Waals surface area contributed by atoms with Gasteiger partial charge in [-0.25, -0.2) is 9.18 Å². The predicted octanol–water partition coefficient (Wildman–Crippen LogP) is 5.51. The lowest BCUT2D eigenvalue weighted by atomic mass is 10.0. The van der Waals surface area contributed by atoms with Gasteiger partial charge in [0, 0.05) is 35.0 Å². The zero-order valence-corrected chi connectivity index (χ0v) is 24.2. The maximum atomic E-state index is 15.0. The first-order valence-electron chi connectivity index (χ1n) is 13.3. The monoisotopic (exact) mass is 583 g/mol. The molecular weight excluding hydrogens is 549 g/mol. The lowest BCUT2D eigenvalue weighted by Gasteiger charge is -2.15. The van der Waals surface area contributed by atoms with E-state index in [0.717, 1.165) is 49.1 Å². The Labute approximate surface area is 242 Å². The van der Waals surface area contributed by atoms with E-state index < -0.39 is 11.5 Å². The summed E-state index contributed by atoms with van der Waals surface area (Å²) in [6, 6.07) is 13.2. The zero-order chi connectivity index (χ0) is 28.8. The summed E-state index contributed by atoms with van der Waals surface area (Å²) in [5.74, 6) is 0.280. The summed E-state index contributed by atoms with van der Waals surface area (Å²) in [4.78, 5) is 20.2. The van der Waals surface area contributed by atoms with Gasteiger partial charge in [0.1, 0.15) is 5.65 Å². The highest BCUT2D eigenvalue weighted by Gasteiger charge is 2.16. The summed E-state index contributed by atoms with van der Waals surface area (Å²) in [7, 11) is 0. The average Bonchev–Trinajstić information content (AvgIpc) is 3.32. The van der Waals surface area contributed by atoms with Crippen molar-refractivity contribution in [3.8, 4) is 16.9 Å². The molecule has 0 saturated carbocycles. The summed E-state index contributed by atoms with van der Waals surface area (Å²) >= 11 is 7.56. The number of aromatic nitrogens is 3. The average molecular weight is 584 g/mol. The van der Waals surface area contributed by atoms with Crippen molar-refractivity contribution in [2.45, 2.75) is 51.6 Å². The molecule has 4 rings (SSSR count). The fraction of sp³-hybridized carbons (Fsp3) is 0.345. The number of thioether (sulfide) groups is 1. The number of hydrogen-bond acceptors (Lipinski definition) is 6. The molecule has 4 aromatic rings. The Balaban J connectivity index is 1.52. The van der Waals surface area contributed by atoms with Crippen molar-refractivity contribution in [1.29, 1.82) is 5.41 Å². The third-order valence-corrected chi connectivity index (χ3v) is 7.79. The molecule has 2 aromatic carbocycles. The summed E-state index contributed by atoms with van der Waals surface area (Å²) in [5.41, 5.74) is 14.7. The third-order valence-electron chi connectivity index (χ3n) is 6.71. The minimum Gasteiger partial charge on any atom is -0.379 e. The summed E-state index contributed by atoms with van der Waals surface area (Å²) in [5, 5.41) is 11.6. The standard InChI is InChI=1S/C29H35ClFN7OS/c1-17(32)5-3-6-19-13-23(26(31)24(30)14-19)25-15-21-16-38(29(39)37-27(21)36-25)22-9-7-20(8-10-22)18(2)35-11-4-12-40-28(33)34/h7-10,13-18,35H,3-6,11-12,32H2,1-2H3,(H3,33,34)(H,36,37,39)/t17-,18-/m0/s1. The number of nitrogens with one attached hydrogen (secondary N) is 3. The van der Waals surface area contributed by atoms with E-state index in [9.17, 15) is 4.79 Å². The van der Waals surface area contributed by atoms with Gasteiger partial charge in [-0.2, -0.15) is 4.98 Å². The molecule has 0 amide bonds. The molecule has 11 heteroatoms. The lowest BCUT2D eigenvalue weighted by molar-refractivity contribution is 0.572. The molecule has 2 atom stereocenters. The minimum absolute atomic E-state index is 0.0539. The molecule has 0 aliphatic heterocycles. The fourth-order valence-electron chi connectivity index (χ4n) is 4.55. The van der Waals surface area contributed by atoms with E-state index in [1.807, 2.05) is 31.2 Å². The number of halogens is 2. The number of nitrogens with two attached hydrogens (primary N) is 2. The second-order valence-corrected chi connectivity index (χ2v) is 11.6. The van der Waals surface area contributed by atoms with Crippen molar-refractivity contribution < 1.29 is 4.39 Å². The Bertz CT molecular complexity index is 1530. The van der Waals surface area contributed by atoms with Gasteiger partial charge in [0.2, 0.25) is 0 Å². The van der Waals surface area contributed by atoms with Crippen LogP contribution in [0, 0.1) is 11.2 Å². The second-order valence-electron chi connectivity index (χ2n) is 10.0. The molecule has 2 heterocycles. The second kappa shape index (κ2) is 13.5. The van der Waals surface area contributed by atoms with E-state index in [4.69, 9.17) is 28.5 Å². The number of amidine groups is 1. The number of rotatable bonds is 12. The molecule has 212 valence electrons. The van der Waals surface area contributed by atoms with Crippen LogP contribution in [-0.4, -0.2) is 38.0 Å². The number of aryl methyl sites for hydroxylation is 1. The lowest BCUT2D eigenvalue weighted by Crippen LogP contribution is -2.22. The molecule has 0 unspecified atom stereocenters. The fourth-order valence-corrected chi connectivity index (χ4v) is 5.30. The molecule has 0 aliphatic rings. The maximum Gasteiger partial charge on any atom is 0.354 e. The number of aromatic amines is 1. The van der Waals surface area contributed by atoms with Crippen LogP contribution in [0.5, 0.6) is 0 Å². The number of benzene rings is 2. The highest BCUT2D eigenvalue weighted by molar-refractivity contribution is 8.13. The van der Waals surface area contributed by atoms with E-state index in [1.165, 1.54) is 16.3 Å². The van der Waals surface area contributed by atoms with E-state index in [0.29, 0.717) is 28.0 Å². The smallest absolute Gasteiger partial charge is 0.354 e. The van der Waals surface area contributed by atoms with Gasteiger partial charge in [0.25, 0.3) is 0 Å². The first kappa shape index (κ1) is 29.8. The van der Waals surface area contributed by atoms with E-state index in [-0.39, 0.29) is 22.3 Å². The van der Waals surface area contributed by atoms with Crippen LogP contribution in [0.2, 0.25) is 5.02 Å². The molecule has 40 heavy (non-hydrogen) atoms. The number of fused-ring (bicyclic) bond motifs is 1. The number of nitrogens with zero attached hydrogens (tertiary/aromatic N) is 2. The Morgan fingerprint density at radius 1 is 1.23 bits per heavy atom. The van der Waals surface area contributed by atoms with Gasteiger partial charge in [-0.1, -0.05) is 35.5 Å². The molecular formula is C29H35ClFN7OS. The molecule has 7 N–H and O–H groups in total. The molecule has 0 saturated heterocycles. The van der Waals surface area contributed by atoms with Gasteiger partial charge in [-0.15, -0.1) is 0 Å². The van der Waals surface area contributed by atoms with Gasteiger partial charge >= 0.3 is 5.69 Å². The van der Waals surface area contributed by atoms with Gasteiger partial charge in [-0.3, -0.25) is 9.98 Å². The largest absolute Gasteiger partial charge is 0.379 e. The van der Waals surface area contributed by atoms with Crippen LogP contribution in [0.4, 0.5) is 4.39 Å². The van der Waals surface area contributed by atoms with Gasteiger partial charge < -0.3 is 21.8 Å². The number of hydrogen-bond donors (Lipinski definition) is 5. The highest BCUT2D eigenvalue weighted by atomic mass is 35.5.